The highest BCUT2D eigenvalue weighted by atomic mass is 79.9. The van der Waals surface area contributed by atoms with Crippen LogP contribution in [0.25, 0.3) is 0 Å². The molecule has 2 amide bonds. The molecule has 14 heteroatoms. The second-order valence-corrected chi connectivity index (χ2v) is 11.0. The Labute approximate surface area is 236 Å². The number of amides is 2. The van der Waals surface area contributed by atoms with Gasteiger partial charge < -0.3 is 16.4 Å². The molecule has 0 saturated heterocycles. The molecule has 3 rings (SSSR count). The summed E-state index contributed by atoms with van der Waals surface area (Å²) >= 11 is 21.6. The van der Waals surface area contributed by atoms with Crippen LogP contribution in [0, 0.1) is 11.6 Å². The Morgan fingerprint density at radius 2 is 1.66 bits per heavy atom. The number of rotatable bonds is 7. The Morgan fingerprint density at radius 1 is 0.974 bits per heavy atom. The van der Waals surface area contributed by atoms with Crippen LogP contribution in [0.1, 0.15) is 27.9 Å². The Hall–Kier alpha value is -2.60. The van der Waals surface area contributed by atoms with E-state index in [4.69, 9.17) is 40.5 Å². The number of benzene rings is 3. The van der Waals surface area contributed by atoms with Crippen molar-refractivity contribution in [3.8, 4) is 0 Å². The first kappa shape index (κ1) is 29.9. The Balaban J connectivity index is 1.71. The lowest BCUT2D eigenvalue weighted by atomic mass is 10.0. The molecule has 4 N–H and O–H groups in total. The number of hydrogen-bond donors (Lipinski definition) is 3. The zero-order valence-corrected chi connectivity index (χ0v) is 22.7. The number of carbonyl (C=O) groups is 2. The summed E-state index contributed by atoms with van der Waals surface area (Å²) in [5, 5.41) is 4.64. The van der Waals surface area contributed by atoms with Crippen LogP contribution in [0.4, 0.5) is 39.0 Å². The van der Waals surface area contributed by atoms with E-state index in [1.54, 1.807) is 0 Å². The summed E-state index contributed by atoms with van der Waals surface area (Å²) in [4.78, 5) is 25.2. The summed E-state index contributed by atoms with van der Waals surface area (Å²) in [5.41, 5.74) is 3.28. The fourth-order valence-electron chi connectivity index (χ4n) is 3.35. The highest BCUT2D eigenvalue weighted by Crippen LogP contribution is 2.36. The van der Waals surface area contributed by atoms with Gasteiger partial charge in [0.25, 0.3) is 5.91 Å². The fraction of sp³-hybridized carbons (Fsp3) is 0.167. The van der Waals surface area contributed by atoms with Gasteiger partial charge in [0.2, 0.25) is 5.91 Å². The maximum absolute atomic E-state index is 14.2. The van der Waals surface area contributed by atoms with Gasteiger partial charge in [-0.3, -0.25) is 9.59 Å². The second-order valence-electron chi connectivity index (χ2n) is 8.07. The minimum absolute atomic E-state index is 0.0462. The molecule has 0 spiro atoms. The minimum Gasteiger partial charge on any atom is -0.394 e. The Bertz CT molecular complexity index is 1400. The third kappa shape index (κ3) is 7.72. The quantitative estimate of drug-likeness (QED) is 0.137. The standard InChI is InChI=1S/C24H16BrCl3F5N3O2/c25-13-6-11(5-12(7-13)24(31,32)33)9-23(27,28)10-19(37)35-14-1-2-16(26)15(8-14)22(38)36-18-4-3-17(29)21(34)20(18)30/h1-8H,9-10,34H2,(H,35,37)(H,36,38). The summed E-state index contributed by atoms with van der Waals surface area (Å²) < 4.78 is 65.2. The molecule has 5 nitrogen and oxygen atoms in total. The van der Waals surface area contributed by atoms with Gasteiger partial charge in [-0.25, -0.2) is 8.78 Å². The smallest absolute Gasteiger partial charge is 0.394 e. The first-order valence-electron chi connectivity index (χ1n) is 10.4. The van der Waals surface area contributed by atoms with Crippen LogP contribution in [0.15, 0.2) is 53.0 Å². The van der Waals surface area contributed by atoms with E-state index in [-0.39, 0.29) is 32.7 Å². The summed E-state index contributed by atoms with van der Waals surface area (Å²) in [6.45, 7) is 0. The number of nitrogens with one attached hydrogen (secondary N) is 2. The number of carbonyl (C=O) groups excluding carboxylic acids is 2. The number of nitrogen functional groups attached to an aromatic ring is 1. The van der Waals surface area contributed by atoms with Crippen molar-refractivity contribution in [2.24, 2.45) is 0 Å². The number of anilines is 3. The highest BCUT2D eigenvalue weighted by molar-refractivity contribution is 9.10. The first-order chi connectivity index (χ1) is 17.6. The molecule has 0 fully saturated rings. The van der Waals surface area contributed by atoms with Crippen molar-refractivity contribution in [2.45, 2.75) is 23.4 Å². The predicted octanol–water partition coefficient (Wildman–Crippen LogP) is 7.98. The summed E-state index contributed by atoms with van der Waals surface area (Å²) in [6.07, 6.45) is -5.40. The fourth-order valence-corrected chi connectivity index (χ4v) is 4.65. The topological polar surface area (TPSA) is 84.2 Å². The van der Waals surface area contributed by atoms with Gasteiger partial charge in [0.15, 0.2) is 5.82 Å². The van der Waals surface area contributed by atoms with E-state index in [9.17, 15) is 31.5 Å². The van der Waals surface area contributed by atoms with Gasteiger partial charge in [-0.05, 0) is 54.1 Å². The molecule has 202 valence electrons. The molecule has 0 heterocycles. The van der Waals surface area contributed by atoms with Crippen LogP contribution in [-0.2, 0) is 17.4 Å². The van der Waals surface area contributed by atoms with Crippen LogP contribution >= 0.6 is 50.7 Å². The average Bonchev–Trinajstić information content (AvgIpc) is 2.78. The predicted molar refractivity (Wildman–Crippen MR) is 141 cm³/mol. The third-order valence-corrected chi connectivity index (χ3v) is 6.36. The summed E-state index contributed by atoms with van der Waals surface area (Å²) in [7, 11) is 0. The lowest BCUT2D eigenvalue weighted by Gasteiger charge is -2.20. The molecule has 0 atom stereocenters. The van der Waals surface area contributed by atoms with Gasteiger partial charge >= 0.3 is 6.18 Å². The second kappa shape index (κ2) is 11.6. The van der Waals surface area contributed by atoms with Crippen molar-refractivity contribution in [1.82, 2.24) is 0 Å². The van der Waals surface area contributed by atoms with E-state index in [2.05, 4.69) is 26.6 Å². The van der Waals surface area contributed by atoms with Crippen molar-refractivity contribution < 1.29 is 31.5 Å². The Kier molecular flexibility index (Phi) is 9.18. The normalized spacial score (nSPS) is 11.8. The van der Waals surface area contributed by atoms with Crippen LogP contribution < -0.4 is 16.4 Å². The van der Waals surface area contributed by atoms with Crippen molar-refractivity contribution >= 4 is 79.6 Å². The average molecular weight is 660 g/mol. The number of hydrogen-bond acceptors (Lipinski definition) is 3. The van der Waals surface area contributed by atoms with Crippen LogP contribution in [0.3, 0.4) is 0 Å². The van der Waals surface area contributed by atoms with Gasteiger partial charge in [0.1, 0.15) is 15.8 Å². The molecule has 0 aromatic heterocycles. The zero-order valence-electron chi connectivity index (χ0n) is 18.8. The van der Waals surface area contributed by atoms with E-state index in [0.29, 0.717) is 0 Å². The molecule has 3 aromatic carbocycles. The molecule has 0 aliphatic carbocycles. The molecule has 0 aliphatic heterocycles. The van der Waals surface area contributed by atoms with Crippen molar-refractivity contribution in [1.29, 1.82) is 0 Å². The van der Waals surface area contributed by atoms with Gasteiger partial charge in [0, 0.05) is 16.6 Å². The van der Waals surface area contributed by atoms with E-state index < -0.39 is 57.3 Å². The van der Waals surface area contributed by atoms with Crippen molar-refractivity contribution in [2.75, 3.05) is 16.4 Å². The van der Waals surface area contributed by atoms with Gasteiger partial charge in [-0.2, -0.15) is 13.2 Å². The third-order valence-electron chi connectivity index (χ3n) is 5.04. The molecular weight excluding hydrogens is 644 g/mol. The van der Waals surface area contributed by atoms with Gasteiger partial charge in [-0.1, -0.05) is 27.5 Å². The molecule has 0 bridgehead atoms. The zero-order chi connectivity index (χ0) is 28.4. The lowest BCUT2D eigenvalue weighted by Crippen LogP contribution is -2.26. The van der Waals surface area contributed by atoms with E-state index in [1.165, 1.54) is 24.3 Å². The van der Waals surface area contributed by atoms with Gasteiger partial charge in [0.05, 0.1) is 28.3 Å². The van der Waals surface area contributed by atoms with Gasteiger partial charge in [-0.15, -0.1) is 23.2 Å². The van der Waals surface area contributed by atoms with Crippen LogP contribution in [0.5, 0.6) is 0 Å². The lowest BCUT2D eigenvalue weighted by molar-refractivity contribution is -0.137. The van der Waals surface area contributed by atoms with Crippen LogP contribution in [-0.4, -0.2) is 16.1 Å². The first-order valence-corrected chi connectivity index (χ1v) is 12.4. The molecular formula is C24H16BrCl3F5N3O2. The summed E-state index contributed by atoms with van der Waals surface area (Å²) in [6, 6.07) is 8.86. The van der Waals surface area contributed by atoms with Crippen LogP contribution in [0.2, 0.25) is 5.02 Å². The minimum atomic E-state index is -4.59. The highest BCUT2D eigenvalue weighted by Gasteiger charge is 2.33. The number of nitrogens with two attached hydrogens (primary N) is 1. The van der Waals surface area contributed by atoms with E-state index in [0.717, 1.165) is 24.3 Å². The molecule has 0 unspecified atom stereocenters. The maximum Gasteiger partial charge on any atom is 0.416 e. The summed E-state index contributed by atoms with van der Waals surface area (Å²) in [5.74, 6) is -3.77. The van der Waals surface area contributed by atoms with E-state index in [1.807, 2.05) is 0 Å². The molecule has 38 heavy (non-hydrogen) atoms. The number of halogens is 9. The maximum atomic E-state index is 14.2. The SMILES string of the molecule is Nc1c(F)ccc(NC(=O)c2cc(NC(=O)CC(Cl)(Cl)Cc3cc(Br)cc(C(F)(F)F)c3)ccc2Cl)c1F. The number of alkyl halides is 5. The molecule has 0 saturated carbocycles. The van der Waals surface area contributed by atoms with Crippen molar-refractivity contribution in [3.05, 3.63) is 86.4 Å². The molecule has 3 aromatic rings. The van der Waals surface area contributed by atoms with Crippen molar-refractivity contribution in [3.63, 3.8) is 0 Å². The Morgan fingerprint density at radius 3 is 2.32 bits per heavy atom. The molecule has 0 aliphatic rings. The molecule has 0 radical (unpaired) electrons. The van der Waals surface area contributed by atoms with E-state index >= 15 is 0 Å². The monoisotopic (exact) mass is 657 g/mol. The largest absolute Gasteiger partial charge is 0.416 e.